The van der Waals surface area contributed by atoms with Crippen LogP contribution in [0.5, 0.6) is 0 Å². The molecule has 2 aliphatic heterocycles. The topological polar surface area (TPSA) is 43.8 Å². The molecule has 2 aliphatic rings. The van der Waals surface area contributed by atoms with Gasteiger partial charge in [-0.3, -0.25) is 9.69 Å². The minimum Gasteiger partial charge on any atom is -0.395 e. The van der Waals surface area contributed by atoms with E-state index in [0.29, 0.717) is 12.5 Å². The van der Waals surface area contributed by atoms with Gasteiger partial charge in [0.1, 0.15) is 0 Å². The number of piperidine rings is 1. The van der Waals surface area contributed by atoms with Crippen molar-refractivity contribution in [3.05, 3.63) is 0 Å². The number of rotatable bonds is 3. The molecule has 2 fully saturated rings. The van der Waals surface area contributed by atoms with E-state index in [1.54, 1.807) is 0 Å². The van der Waals surface area contributed by atoms with Crippen LogP contribution in [0.25, 0.3) is 0 Å². The first-order valence-corrected chi connectivity index (χ1v) is 6.83. The van der Waals surface area contributed by atoms with Crippen LogP contribution < -0.4 is 0 Å². The molecule has 2 atom stereocenters. The molecule has 2 heterocycles. The summed E-state index contributed by atoms with van der Waals surface area (Å²) in [6.07, 6.45) is 4.51. The lowest BCUT2D eigenvalue weighted by Crippen LogP contribution is -2.46. The van der Waals surface area contributed by atoms with Crippen LogP contribution in [0, 0.1) is 5.92 Å². The van der Waals surface area contributed by atoms with Crippen molar-refractivity contribution in [2.24, 2.45) is 5.92 Å². The van der Waals surface area contributed by atoms with E-state index in [-0.39, 0.29) is 18.6 Å². The highest BCUT2D eigenvalue weighted by molar-refractivity contribution is 5.78. The zero-order valence-electron chi connectivity index (χ0n) is 10.8. The van der Waals surface area contributed by atoms with Crippen LogP contribution in [0.3, 0.4) is 0 Å². The molecule has 0 spiro atoms. The van der Waals surface area contributed by atoms with E-state index < -0.39 is 0 Å². The minimum absolute atomic E-state index is 0.184. The summed E-state index contributed by atoms with van der Waals surface area (Å²) in [4.78, 5) is 16.3. The third kappa shape index (κ3) is 3.19. The second kappa shape index (κ2) is 5.83. The highest BCUT2D eigenvalue weighted by Crippen LogP contribution is 2.19. The SMILES string of the molecule is CC1CCCN(C(=O)CN2CCC[C@@H]2CO)C1. The van der Waals surface area contributed by atoms with Crippen molar-refractivity contribution in [3.63, 3.8) is 0 Å². The molecule has 4 nitrogen and oxygen atoms in total. The van der Waals surface area contributed by atoms with Gasteiger partial charge in [0, 0.05) is 19.1 Å². The normalized spacial score (nSPS) is 30.8. The largest absolute Gasteiger partial charge is 0.395 e. The highest BCUT2D eigenvalue weighted by Gasteiger charge is 2.28. The predicted molar refractivity (Wildman–Crippen MR) is 66.7 cm³/mol. The number of amides is 1. The van der Waals surface area contributed by atoms with Crippen molar-refractivity contribution in [2.45, 2.75) is 38.6 Å². The van der Waals surface area contributed by atoms with Crippen molar-refractivity contribution >= 4 is 5.91 Å². The first kappa shape index (κ1) is 12.8. The molecule has 98 valence electrons. The molecule has 0 aromatic heterocycles. The first-order valence-electron chi connectivity index (χ1n) is 6.83. The Hall–Kier alpha value is -0.610. The fourth-order valence-corrected chi connectivity index (χ4v) is 3.00. The van der Waals surface area contributed by atoms with Gasteiger partial charge in [0.2, 0.25) is 5.91 Å². The molecular weight excluding hydrogens is 216 g/mol. The standard InChI is InChI=1S/C13H24N2O2/c1-11-4-2-7-15(8-11)13(17)9-14-6-3-5-12(14)10-16/h11-12,16H,2-10H2,1H3/t11?,12-/m1/s1. The van der Waals surface area contributed by atoms with E-state index in [4.69, 9.17) is 0 Å². The van der Waals surface area contributed by atoms with Gasteiger partial charge in [-0.2, -0.15) is 0 Å². The Labute approximate surface area is 104 Å². The second-order valence-corrected chi connectivity index (χ2v) is 5.54. The fraction of sp³-hybridized carbons (Fsp3) is 0.923. The lowest BCUT2D eigenvalue weighted by molar-refractivity contribution is -0.134. The van der Waals surface area contributed by atoms with E-state index in [1.165, 1.54) is 6.42 Å². The Morgan fingerprint density at radius 1 is 1.29 bits per heavy atom. The number of hydrogen-bond acceptors (Lipinski definition) is 3. The number of nitrogens with zero attached hydrogens (tertiary/aromatic N) is 2. The maximum Gasteiger partial charge on any atom is 0.236 e. The summed E-state index contributed by atoms with van der Waals surface area (Å²) < 4.78 is 0. The maximum atomic E-state index is 12.2. The van der Waals surface area contributed by atoms with Crippen LogP contribution in [0.15, 0.2) is 0 Å². The Bertz CT molecular complexity index is 270. The number of hydrogen-bond donors (Lipinski definition) is 1. The lowest BCUT2D eigenvalue weighted by atomic mass is 10.0. The number of carbonyl (C=O) groups is 1. The molecule has 1 amide bonds. The molecule has 1 unspecified atom stereocenters. The zero-order valence-corrected chi connectivity index (χ0v) is 10.8. The Balaban J connectivity index is 1.83. The van der Waals surface area contributed by atoms with Crippen LogP contribution >= 0.6 is 0 Å². The van der Waals surface area contributed by atoms with Gasteiger partial charge in [-0.15, -0.1) is 0 Å². The van der Waals surface area contributed by atoms with Gasteiger partial charge in [0.25, 0.3) is 0 Å². The molecule has 17 heavy (non-hydrogen) atoms. The van der Waals surface area contributed by atoms with Gasteiger partial charge < -0.3 is 10.0 Å². The van der Waals surface area contributed by atoms with Crippen LogP contribution in [-0.2, 0) is 4.79 Å². The maximum absolute atomic E-state index is 12.2. The van der Waals surface area contributed by atoms with E-state index in [0.717, 1.165) is 38.9 Å². The molecule has 0 radical (unpaired) electrons. The van der Waals surface area contributed by atoms with Gasteiger partial charge in [-0.25, -0.2) is 0 Å². The van der Waals surface area contributed by atoms with Gasteiger partial charge >= 0.3 is 0 Å². The number of likely N-dealkylation sites (tertiary alicyclic amines) is 2. The van der Waals surface area contributed by atoms with E-state index >= 15 is 0 Å². The molecular formula is C13H24N2O2. The van der Waals surface area contributed by atoms with Crippen LogP contribution in [0.1, 0.15) is 32.6 Å². The van der Waals surface area contributed by atoms with Crippen LogP contribution in [0.2, 0.25) is 0 Å². The molecule has 0 aromatic rings. The summed E-state index contributed by atoms with van der Waals surface area (Å²) in [5.41, 5.74) is 0. The van der Waals surface area contributed by atoms with Gasteiger partial charge in [-0.1, -0.05) is 6.92 Å². The summed E-state index contributed by atoms with van der Waals surface area (Å²) in [7, 11) is 0. The molecule has 4 heteroatoms. The summed E-state index contributed by atoms with van der Waals surface area (Å²) in [6.45, 7) is 5.69. The zero-order chi connectivity index (χ0) is 12.3. The summed E-state index contributed by atoms with van der Waals surface area (Å²) >= 11 is 0. The molecule has 2 rings (SSSR count). The van der Waals surface area contributed by atoms with E-state index in [1.807, 2.05) is 4.90 Å². The second-order valence-electron chi connectivity index (χ2n) is 5.54. The quantitative estimate of drug-likeness (QED) is 0.790. The van der Waals surface area contributed by atoms with Gasteiger partial charge in [-0.05, 0) is 38.1 Å². The average Bonchev–Trinajstić information content (AvgIpc) is 2.76. The molecule has 1 N–H and O–H groups in total. The molecule has 0 bridgehead atoms. The molecule has 0 aliphatic carbocycles. The predicted octanol–water partition coefficient (Wildman–Crippen LogP) is 0.702. The minimum atomic E-state index is 0.184. The summed E-state index contributed by atoms with van der Waals surface area (Å²) in [5, 5.41) is 9.24. The van der Waals surface area contributed by atoms with Gasteiger partial charge in [0.15, 0.2) is 0 Å². The summed E-state index contributed by atoms with van der Waals surface area (Å²) in [5.74, 6) is 0.886. The molecule has 0 saturated carbocycles. The monoisotopic (exact) mass is 240 g/mol. The van der Waals surface area contributed by atoms with Crippen molar-refractivity contribution < 1.29 is 9.90 Å². The summed E-state index contributed by atoms with van der Waals surface area (Å²) in [6, 6.07) is 0.209. The number of carbonyl (C=O) groups excluding carboxylic acids is 1. The third-order valence-corrected chi connectivity index (χ3v) is 4.06. The number of aliphatic hydroxyl groups is 1. The van der Waals surface area contributed by atoms with Crippen LogP contribution in [0.4, 0.5) is 0 Å². The van der Waals surface area contributed by atoms with Crippen molar-refractivity contribution in [3.8, 4) is 0 Å². The molecule has 0 aromatic carbocycles. The van der Waals surface area contributed by atoms with E-state index in [9.17, 15) is 9.90 Å². The van der Waals surface area contributed by atoms with Crippen molar-refractivity contribution in [1.82, 2.24) is 9.80 Å². The molecule has 2 saturated heterocycles. The third-order valence-electron chi connectivity index (χ3n) is 4.06. The average molecular weight is 240 g/mol. The Morgan fingerprint density at radius 2 is 2.06 bits per heavy atom. The Kier molecular flexibility index (Phi) is 4.40. The lowest BCUT2D eigenvalue weighted by Gasteiger charge is -2.33. The highest BCUT2D eigenvalue weighted by atomic mass is 16.3. The van der Waals surface area contributed by atoms with Crippen molar-refractivity contribution in [2.75, 3.05) is 32.8 Å². The van der Waals surface area contributed by atoms with E-state index in [2.05, 4.69) is 11.8 Å². The number of aliphatic hydroxyl groups excluding tert-OH is 1. The Morgan fingerprint density at radius 3 is 2.76 bits per heavy atom. The first-order chi connectivity index (χ1) is 8.20. The fourth-order valence-electron chi connectivity index (χ4n) is 3.00. The smallest absolute Gasteiger partial charge is 0.236 e. The van der Waals surface area contributed by atoms with Crippen LogP contribution in [-0.4, -0.2) is 59.6 Å². The van der Waals surface area contributed by atoms with Crippen molar-refractivity contribution in [1.29, 1.82) is 0 Å². The van der Waals surface area contributed by atoms with Gasteiger partial charge in [0.05, 0.1) is 13.2 Å².